The molecule has 0 amide bonds. The van der Waals surface area contributed by atoms with Crippen LogP contribution in [-0.4, -0.2) is 22.5 Å². The normalized spacial score (nSPS) is 9.00. The predicted octanol–water partition coefficient (Wildman–Crippen LogP) is 1.01. The fraction of sp³-hybridized carbons (Fsp3) is 0.364. The van der Waals surface area contributed by atoms with Crippen molar-refractivity contribution in [2.24, 2.45) is 0 Å². The zero-order valence-electron chi connectivity index (χ0n) is 9.00. The highest BCUT2D eigenvalue weighted by Crippen LogP contribution is 1.97. The minimum absolute atomic E-state index is 0.321. The first kappa shape index (κ1) is 11.2. The van der Waals surface area contributed by atoms with Crippen LogP contribution in [0, 0.1) is 25.7 Å². The molecular formula is C11H12N2O2. The van der Waals surface area contributed by atoms with Crippen molar-refractivity contribution in [3.8, 4) is 11.8 Å². The Bertz CT molecular complexity index is 410. The minimum Gasteiger partial charge on any atom is -0.456 e. The average molecular weight is 204 g/mol. The van der Waals surface area contributed by atoms with Crippen molar-refractivity contribution in [1.29, 1.82) is 0 Å². The first-order valence-electron chi connectivity index (χ1n) is 4.63. The number of ether oxygens (including phenoxy) is 1. The fourth-order valence-electron chi connectivity index (χ4n) is 1.06. The number of hydrogen-bond donors (Lipinski definition) is 0. The third kappa shape index (κ3) is 3.77. The second kappa shape index (κ2) is 5.11. The van der Waals surface area contributed by atoms with Crippen molar-refractivity contribution < 1.29 is 9.53 Å². The topological polar surface area (TPSA) is 52.1 Å². The zero-order chi connectivity index (χ0) is 11.3. The highest BCUT2D eigenvalue weighted by Gasteiger charge is 1.97. The third-order valence-electron chi connectivity index (χ3n) is 1.53. The molecule has 1 rings (SSSR count). The maximum atomic E-state index is 10.9. The fourth-order valence-corrected chi connectivity index (χ4v) is 1.06. The van der Waals surface area contributed by atoms with Crippen LogP contribution in [0.2, 0.25) is 0 Å². The summed E-state index contributed by atoms with van der Waals surface area (Å²) in [7, 11) is 0. The van der Waals surface area contributed by atoms with E-state index in [2.05, 4.69) is 26.5 Å². The van der Waals surface area contributed by atoms with Gasteiger partial charge in [-0.15, -0.1) is 0 Å². The molecular weight excluding hydrogens is 192 g/mol. The highest BCUT2D eigenvalue weighted by atomic mass is 16.5. The third-order valence-corrected chi connectivity index (χ3v) is 1.53. The molecule has 0 radical (unpaired) electrons. The lowest BCUT2D eigenvalue weighted by Gasteiger charge is -1.95. The van der Waals surface area contributed by atoms with E-state index < -0.39 is 5.97 Å². The average Bonchev–Trinajstić information content (AvgIpc) is 2.14. The van der Waals surface area contributed by atoms with Crippen LogP contribution >= 0.6 is 0 Å². The van der Waals surface area contributed by atoms with Gasteiger partial charge in [0.15, 0.2) is 0 Å². The summed E-state index contributed by atoms with van der Waals surface area (Å²) in [5.74, 6) is 4.67. The van der Waals surface area contributed by atoms with E-state index in [1.807, 2.05) is 19.9 Å². The molecule has 0 bridgehead atoms. The van der Waals surface area contributed by atoms with Gasteiger partial charge in [-0.3, -0.25) is 0 Å². The monoisotopic (exact) mass is 204 g/mol. The molecule has 15 heavy (non-hydrogen) atoms. The molecule has 0 saturated heterocycles. The van der Waals surface area contributed by atoms with Gasteiger partial charge in [0, 0.05) is 17.3 Å². The zero-order valence-corrected chi connectivity index (χ0v) is 9.00. The number of aromatic nitrogens is 2. The van der Waals surface area contributed by atoms with Crippen LogP contribution in [0.1, 0.15) is 24.1 Å². The van der Waals surface area contributed by atoms with Gasteiger partial charge >= 0.3 is 5.97 Å². The van der Waals surface area contributed by atoms with E-state index in [9.17, 15) is 4.79 Å². The molecule has 0 fully saturated rings. The van der Waals surface area contributed by atoms with Crippen molar-refractivity contribution in [3.05, 3.63) is 23.3 Å². The lowest BCUT2D eigenvalue weighted by Crippen LogP contribution is -2.01. The Balaban J connectivity index is 2.84. The quantitative estimate of drug-likeness (QED) is 0.506. The van der Waals surface area contributed by atoms with Crippen molar-refractivity contribution >= 4 is 5.97 Å². The molecule has 1 aromatic rings. The van der Waals surface area contributed by atoms with Gasteiger partial charge in [0.25, 0.3) is 0 Å². The van der Waals surface area contributed by atoms with Crippen LogP contribution < -0.4 is 0 Å². The molecule has 0 aromatic carbocycles. The lowest BCUT2D eigenvalue weighted by molar-refractivity contribution is -0.136. The Labute approximate surface area is 88.7 Å². The van der Waals surface area contributed by atoms with Gasteiger partial charge in [0.1, 0.15) is 0 Å². The van der Waals surface area contributed by atoms with E-state index in [4.69, 9.17) is 0 Å². The molecule has 0 spiro atoms. The van der Waals surface area contributed by atoms with Crippen molar-refractivity contribution in [2.45, 2.75) is 20.8 Å². The molecule has 0 atom stereocenters. The van der Waals surface area contributed by atoms with E-state index in [0.29, 0.717) is 12.4 Å². The molecule has 0 aliphatic rings. The van der Waals surface area contributed by atoms with Crippen LogP contribution in [0.3, 0.4) is 0 Å². The van der Waals surface area contributed by atoms with Gasteiger partial charge in [-0.25, -0.2) is 14.8 Å². The van der Waals surface area contributed by atoms with Gasteiger partial charge in [-0.1, -0.05) is 0 Å². The summed E-state index contributed by atoms with van der Waals surface area (Å²) < 4.78 is 4.66. The number of aryl methyl sites for hydroxylation is 2. The first-order valence-corrected chi connectivity index (χ1v) is 4.63. The Morgan fingerprint density at radius 3 is 2.53 bits per heavy atom. The molecule has 0 saturated carbocycles. The van der Waals surface area contributed by atoms with E-state index in [1.165, 1.54) is 0 Å². The number of carbonyl (C=O) groups excluding carboxylic acids is 1. The molecule has 0 aliphatic carbocycles. The van der Waals surface area contributed by atoms with Crippen molar-refractivity contribution in [1.82, 2.24) is 9.97 Å². The van der Waals surface area contributed by atoms with Crippen LogP contribution in [0.5, 0.6) is 0 Å². The van der Waals surface area contributed by atoms with Crippen molar-refractivity contribution in [2.75, 3.05) is 6.61 Å². The highest BCUT2D eigenvalue weighted by molar-refractivity contribution is 5.88. The van der Waals surface area contributed by atoms with Gasteiger partial charge in [0.2, 0.25) is 5.82 Å². The molecule has 1 aromatic heterocycles. The second-order valence-electron chi connectivity index (χ2n) is 2.94. The van der Waals surface area contributed by atoms with E-state index >= 15 is 0 Å². The Morgan fingerprint density at radius 1 is 1.40 bits per heavy atom. The van der Waals surface area contributed by atoms with E-state index in [0.717, 1.165) is 11.4 Å². The molecule has 0 aliphatic heterocycles. The van der Waals surface area contributed by atoms with Crippen LogP contribution in [0.15, 0.2) is 6.07 Å². The number of rotatable bonds is 1. The van der Waals surface area contributed by atoms with Crippen LogP contribution in [-0.2, 0) is 9.53 Å². The summed E-state index contributed by atoms with van der Waals surface area (Å²) >= 11 is 0. The van der Waals surface area contributed by atoms with Gasteiger partial charge < -0.3 is 4.74 Å². The maximum Gasteiger partial charge on any atom is 0.384 e. The Hall–Kier alpha value is -1.89. The maximum absolute atomic E-state index is 10.9. The smallest absolute Gasteiger partial charge is 0.384 e. The number of nitrogens with zero attached hydrogens (tertiary/aromatic N) is 2. The summed E-state index contributed by atoms with van der Waals surface area (Å²) in [4.78, 5) is 19.1. The summed E-state index contributed by atoms with van der Waals surface area (Å²) in [6.07, 6.45) is 0. The SMILES string of the molecule is CCOC(=O)C#Cc1nc(C)cc(C)n1. The Morgan fingerprint density at radius 2 is 2.00 bits per heavy atom. The number of hydrogen-bond acceptors (Lipinski definition) is 4. The standard InChI is InChI=1S/C11H12N2O2/c1-4-15-11(14)6-5-10-12-8(2)7-9(3)13-10/h7H,4H2,1-3H3. The summed E-state index contributed by atoms with van der Waals surface area (Å²) in [6.45, 7) is 5.75. The molecule has 0 N–H and O–H groups in total. The van der Waals surface area contributed by atoms with Crippen LogP contribution in [0.25, 0.3) is 0 Å². The number of esters is 1. The number of carbonyl (C=O) groups is 1. The van der Waals surface area contributed by atoms with E-state index in [-0.39, 0.29) is 0 Å². The summed E-state index contributed by atoms with van der Waals surface area (Å²) in [5.41, 5.74) is 1.66. The van der Waals surface area contributed by atoms with Crippen LogP contribution in [0.4, 0.5) is 0 Å². The molecule has 78 valence electrons. The van der Waals surface area contributed by atoms with Gasteiger partial charge in [0.05, 0.1) is 6.61 Å². The second-order valence-corrected chi connectivity index (χ2v) is 2.94. The molecule has 4 nitrogen and oxygen atoms in total. The van der Waals surface area contributed by atoms with Gasteiger partial charge in [-0.05, 0) is 32.8 Å². The first-order chi connectivity index (χ1) is 7.11. The van der Waals surface area contributed by atoms with Gasteiger partial charge in [-0.2, -0.15) is 0 Å². The molecule has 4 heteroatoms. The molecule has 0 unspecified atom stereocenters. The summed E-state index contributed by atoms with van der Waals surface area (Å²) in [5, 5.41) is 0. The molecule has 1 heterocycles. The largest absolute Gasteiger partial charge is 0.456 e. The van der Waals surface area contributed by atoms with Crippen molar-refractivity contribution in [3.63, 3.8) is 0 Å². The Kier molecular flexibility index (Phi) is 3.81. The summed E-state index contributed by atoms with van der Waals surface area (Å²) in [6, 6.07) is 1.84. The predicted molar refractivity (Wildman–Crippen MR) is 55.0 cm³/mol. The lowest BCUT2D eigenvalue weighted by atomic mass is 10.3. The minimum atomic E-state index is -0.555. The van der Waals surface area contributed by atoms with E-state index in [1.54, 1.807) is 6.92 Å².